The topological polar surface area (TPSA) is 67.0 Å². The van der Waals surface area contributed by atoms with E-state index in [0.717, 1.165) is 17.0 Å². The first-order valence-electron chi connectivity index (χ1n) is 5.05. The number of aryl methyl sites for hydroxylation is 2. The zero-order valence-electron chi connectivity index (χ0n) is 9.83. The number of nitrogens with zero attached hydrogens (tertiary/aromatic N) is 1. The summed E-state index contributed by atoms with van der Waals surface area (Å²) in [4.78, 5) is 11.7. The number of carbonyl (C=O) groups excluding carboxylic acids is 1. The fourth-order valence-corrected chi connectivity index (χ4v) is 1.61. The van der Waals surface area contributed by atoms with Gasteiger partial charge in [-0.05, 0) is 13.8 Å². The summed E-state index contributed by atoms with van der Waals surface area (Å²) in [5.41, 5.74) is 2.50. The van der Waals surface area contributed by atoms with Crippen molar-refractivity contribution in [2.75, 3.05) is 13.7 Å². The molecule has 0 aliphatic carbocycles. The smallest absolute Gasteiger partial charge is 0.327 e. The molecule has 0 aliphatic heterocycles. The van der Waals surface area contributed by atoms with E-state index in [4.69, 9.17) is 4.74 Å². The van der Waals surface area contributed by atoms with Crippen molar-refractivity contribution in [3.63, 3.8) is 0 Å². The normalized spacial score (nSPS) is 12.2. The predicted molar refractivity (Wildman–Crippen MR) is 61.0 cm³/mol. The molecule has 0 aliphatic rings. The highest BCUT2D eigenvalue weighted by atomic mass is 16.5. The second kappa shape index (κ2) is 5.46. The summed E-state index contributed by atoms with van der Waals surface area (Å²) >= 11 is 0. The van der Waals surface area contributed by atoms with Gasteiger partial charge >= 0.3 is 5.97 Å². The third-order valence-electron chi connectivity index (χ3n) is 2.38. The maximum absolute atomic E-state index is 11.7. The van der Waals surface area contributed by atoms with E-state index in [1.54, 1.807) is 6.08 Å². The van der Waals surface area contributed by atoms with E-state index in [-0.39, 0.29) is 5.97 Å². The number of rotatable bonds is 5. The molecule has 0 fully saturated rings. The van der Waals surface area contributed by atoms with Crippen LogP contribution in [0.2, 0.25) is 0 Å². The van der Waals surface area contributed by atoms with Gasteiger partial charge in [-0.2, -0.15) is 5.10 Å². The van der Waals surface area contributed by atoms with Crippen molar-refractivity contribution in [2.45, 2.75) is 19.9 Å². The van der Waals surface area contributed by atoms with Gasteiger partial charge in [-0.25, -0.2) is 4.79 Å². The van der Waals surface area contributed by atoms with Crippen LogP contribution in [0.1, 0.15) is 23.0 Å². The van der Waals surface area contributed by atoms with Gasteiger partial charge < -0.3 is 4.74 Å². The first kappa shape index (κ1) is 12.4. The number of carbonyl (C=O) groups is 1. The van der Waals surface area contributed by atoms with Crippen molar-refractivity contribution in [1.29, 1.82) is 0 Å². The molecule has 1 aromatic rings. The van der Waals surface area contributed by atoms with Crippen LogP contribution in [-0.2, 0) is 9.53 Å². The highest BCUT2D eigenvalue weighted by Gasteiger charge is 2.25. The average molecular weight is 223 g/mol. The van der Waals surface area contributed by atoms with Crippen LogP contribution in [-0.4, -0.2) is 29.8 Å². The summed E-state index contributed by atoms with van der Waals surface area (Å²) in [5, 5.41) is 9.96. The summed E-state index contributed by atoms with van der Waals surface area (Å²) in [6.07, 6.45) is 1.70. The molecule has 1 aromatic heterocycles. The van der Waals surface area contributed by atoms with Crippen LogP contribution >= 0.6 is 0 Å². The molecule has 0 spiro atoms. The standard InChI is InChI=1S/C11H17N3O2/c1-5-6-12-10(11(15)16-4)9-7(2)13-14-8(9)3/h5,10,12H,1,6H2,2-4H3,(H,13,14). The molecule has 0 aromatic carbocycles. The number of aromatic nitrogens is 2. The van der Waals surface area contributed by atoms with Gasteiger partial charge in [-0.1, -0.05) is 6.08 Å². The van der Waals surface area contributed by atoms with Crippen molar-refractivity contribution in [2.24, 2.45) is 0 Å². The SMILES string of the molecule is C=CCNC(C(=O)OC)c1c(C)n[nH]c1C. The lowest BCUT2D eigenvalue weighted by molar-refractivity contribution is -0.143. The Hall–Kier alpha value is -1.62. The van der Waals surface area contributed by atoms with Gasteiger partial charge in [0.05, 0.1) is 12.8 Å². The number of aromatic amines is 1. The number of ether oxygens (including phenoxy) is 1. The van der Waals surface area contributed by atoms with Crippen molar-refractivity contribution < 1.29 is 9.53 Å². The van der Waals surface area contributed by atoms with Crippen molar-refractivity contribution >= 4 is 5.97 Å². The molecular formula is C11H17N3O2. The molecule has 5 heteroatoms. The minimum Gasteiger partial charge on any atom is -0.468 e. The molecule has 1 rings (SSSR count). The Balaban J connectivity index is 3.00. The Kier molecular flexibility index (Phi) is 4.25. The summed E-state index contributed by atoms with van der Waals surface area (Å²) in [6, 6.07) is -0.498. The van der Waals surface area contributed by atoms with Gasteiger partial charge in [0.15, 0.2) is 0 Å². The lowest BCUT2D eigenvalue weighted by Crippen LogP contribution is -2.30. The summed E-state index contributed by atoms with van der Waals surface area (Å²) in [7, 11) is 1.37. The van der Waals surface area contributed by atoms with Crippen LogP contribution in [0.3, 0.4) is 0 Å². The molecule has 0 saturated carbocycles. The Morgan fingerprint density at radius 1 is 1.69 bits per heavy atom. The monoisotopic (exact) mass is 223 g/mol. The fraction of sp³-hybridized carbons (Fsp3) is 0.455. The van der Waals surface area contributed by atoms with E-state index in [9.17, 15) is 4.79 Å². The van der Waals surface area contributed by atoms with Crippen molar-refractivity contribution in [1.82, 2.24) is 15.5 Å². The average Bonchev–Trinajstić information content (AvgIpc) is 2.60. The van der Waals surface area contributed by atoms with E-state index in [2.05, 4.69) is 22.1 Å². The van der Waals surface area contributed by atoms with E-state index in [1.165, 1.54) is 7.11 Å². The maximum Gasteiger partial charge on any atom is 0.327 e. The quantitative estimate of drug-likeness (QED) is 0.577. The molecule has 16 heavy (non-hydrogen) atoms. The van der Waals surface area contributed by atoms with Crippen molar-refractivity contribution in [3.05, 3.63) is 29.6 Å². The third kappa shape index (κ3) is 2.49. The molecular weight excluding hydrogens is 206 g/mol. The third-order valence-corrected chi connectivity index (χ3v) is 2.38. The summed E-state index contributed by atoms with van der Waals surface area (Å²) in [5.74, 6) is -0.325. The van der Waals surface area contributed by atoms with Crippen LogP contribution < -0.4 is 5.32 Å². The van der Waals surface area contributed by atoms with Crippen LogP contribution in [0, 0.1) is 13.8 Å². The van der Waals surface area contributed by atoms with Crippen LogP contribution in [0.5, 0.6) is 0 Å². The first-order valence-corrected chi connectivity index (χ1v) is 5.05. The van der Waals surface area contributed by atoms with E-state index in [0.29, 0.717) is 6.54 Å². The molecule has 1 atom stereocenters. The first-order chi connectivity index (χ1) is 7.61. The van der Waals surface area contributed by atoms with Gasteiger partial charge in [0.2, 0.25) is 0 Å². The zero-order chi connectivity index (χ0) is 12.1. The second-order valence-electron chi connectivity index (χ2n) is 3.50. The number of hydrogen-bond acceptors (Lipinski definition) is 4. The Bertz CT molecular complexity index is 365. The van der Waals surface area contributed by atoms with Gasteiger partial charge in [0, 0.05) is 17.8 Å². The number of esters is 1. The van der Waals surface area contributed by atoms with E-state index in [1.807, 2.05) is 13.8 Å². The fourth-order valence-electron chi connectivity index (χ4n) is 1.61. The Morgan fingerprint density at radius 2 is 2.38 bits per heavy atom. The largest absolute Gasteiger partial charge is 0.468 e. The summed E-state index contributed by atoms with van der Waals surface area (Å²) < 4.78 is 4.77. The highest BCUT2D eigenvalue weighted by molar-refractivity contribution is 5.78. The van der Waals surface area contributed by atoms with Gasteiger partial charge in [0.25, 0.3) is 0 Å². The minimum absolute atomic E-state index is 0.325. The molecule has 0 radical (unpaired) electrons. The molecule has 1 unspecified atom stereocenters. The Labute approximate surface area is 94.9 Å². The minimum atomic E-state index is -0.498. The van der Waals surface area contributed by atoms with E-state index >= 15 is 0 Å². The lowest BCUT2D eigenvalue weighted by Gasteiger charge is -2.15. The lowest BCUT2D eigenvalue weighted by atomic mass is 10.1. The number of methoxy groups -OCH3 is 1. The predicted octanol–water partition coefficient (Wildman–Crippen LogP) is 1.02. The molecule has 0 amide bonds. The van der Waals surface area contributed by atoms with Crippen LogP contribution in [0.4, 0.5) is 0 Å². The number of nitrogens with one attached hydrogen (secondary N) is 2. The zero-order valence-corrected chi connectivity index (χ0v) is 9.83. The van der Waals surface area contributed by atoms with Gasteiger partial charge in [0.1, 0.15) is 6.04 Å². The maximum atomic E-state index is 11.7. The molecule has 1 heterocycles. The molecule has 0 saturated heterocycles. The van der Waals surface area contributed by atoms with Crippen molar-refractivity contribution in [3.8, 4) is 0 Å². The summed E-state index contributed by atoms with van der Waals surface area (Å²) in [6.45, 7) is 7.86. The van der Waals surface area contributed by atoms with Gasteiger partial charge in [-0.15, -0.1) is 6.58 Å². The van der Waals surface area contributed by atoms with Crippen LogP contribution in [0.25, 0.3) is 0 Å². The molecule has 88 valence electrons. The molecule has 5 nitrogen and oxygen atoms in total. The molecule has 2 N–H and O–H groups in total. The Morgan fingerprint density at radius 3 is 2.81 bits per heavy atom. The molecule has 0 bridgehead atoms. The van der Waals surface area contributed by atoms with Crippen LogP contribution in [0.15, 0.2) is 12.7 Å². The second-order valence-corrected chi connectivity index (χ2v) is 3.50. The van der Waals surface area contributed by atoms with Gasteiger partial charge in [-0.3, -0.25) is 10.4 Å². The van der Waals surface area contributed by atoms with E-state index < -0.39 is 6.04 Å². The number of H-pyrrole nitrogens is 1. The highest BCUT2D eigenvalue weighted by Crippen LogP contribution is 2.20. The number of hydrogen-bond donors (Lipinski definition) is 2.